The molecular weight excluding hydrogens is 366 g/mol. The van der Waals surface area contributed by atoms with Crippen LogP contribution in [0.3, 0.4) is 0 Å². The van der Waals surface area contributed by atoms with Crippen LogP contribution in [-0.2, 0) is 0 Å². The van der Waals surface area contributed by atoms with Crippen molar-refractivity contribution in [2.45, 2.75) is 16.7 Å². The normalized spacial score (nSPS) is 12.8. The van der Waals surface area contributed by atoms with Crippen LogP contribution in [0.4, 0.5) is 11.4 Å². The van der Waals surface area contributed by atoms with E-state index >= 15 is 0 Å². The first-order valence-corrected chi connectivity index (χ1v) is 9.94. The molecule has 0 fully saturated rings. The molecule has 1 aliphatic heterocycles. The fourth-order valence-electron chi connectivity index (χ4n) is 3.91. The maximum Gasteiger partial charge on any atom is 0.266 e. The van der Waals surface area contributed by atoms with Crippen molar-refractivity contribution < 1.29 is 0 Å². The van der Waals surface area contributed by atoms with Crippen molar-refractivity contribution in [3.05, 3.63) is 82.6 Å². The van der Waals surface area contributed by atoms with Gasteiger partial charge in [-0.15, -0.1) is 0 Å². The molecule has 0 saturated carbocycles. The molecule has 28 heavy (non-hydrogen) atoms. The number of nitrogens with one attached hydrogen (secondary N) is 1. The predicted molar refractivity (Wildman–Crippen MR) is 115 cm³/mol. The third kappa shape index (κ3) is 2.08. The number of rotatable bonds is 0. The molecular formula is C23H15N3OS. The first-order valence-electron chi connectivity index (χ1n) is 9.12. The zero-order valence-electron chi connectivity index (χ0n) is 15.1. The number of pyridine rings is 1. The van der Waals surface area contributed by atoms with E-state index in [1.165, 1.54) is 5.56 Å². The summed E-state index contributed by atoms with van der Waals surface area (Å²) in [6.07, 6.45) is 0. The van der Waals surface area contributed by atoms with Crippen molar-refractivity contribution in [3.8, 4) is 0 Å². The lowest BCUT2D eigenvalue weighted by atomic mass is 10.1. The number of aromatic nitrogens is 2. The quantitative estimate of drug-likeness (QED) is 0.278. The smallest absolute Gasteiger partial charge is 0.266 e. The zero-order chi connectivity index (χ0) is 18.8. The van der Waals surface area contributed by atoms with Crippen molar-refractivity contribution in [1.82, 2.24) is 9.38 Å². The fourth-order valence-corrected chi connectivity index (χ4v) is 5.09. The minimum atomic E-state index is -0.0322. The van der Waals surface area contributed by atoms with Gasteiger partial charge in [0.05, 0.1) is 32.7 Å². The highest BCUT2D eigenvalue weighted by Crippen LogP contribution is 2.48. The van der Waals surface area contributed by atoms with Crippen LogP contribution in [0, 0.1) is 6.92 Å². The van der Waals surface area contributed by atoms with E-state index < -0.39 is 0 Å². The number of hydrogen-bond donors (Lipinski definition) is 1. The maximum absolute atomic E-state index is 13.4. The van der Waals surface area contributed by atoms with Gasteiger partial charge < -0.3 is 5.32 Å². The van der Waals surface area contributed by atoms with E-state index in [9.17, 15) is 4.79 Å². The Bertz CT molecular complexity index is 1500. The number of nitrogens with zero attached hydrogens (tertiary/aromatic N) is 2. The lowest BCUT2D eigenvalue weighted by Gasteiger charge is -2.24. The van der Waals surface area contributed by atoms with Gasteiger partial charge in [-0.1, -0.05) is 48.2 Å². The van der Waals surface area contributed by atoms with Crippen LogP contribution in [0.25, 0.3) is 27.5 Å². The average molecular weight is 381 g/mol. The first kappa shape index (κ1) is 15.7. The first-order chi connectivity index (χ1) is 13.7. The number of aryl methyl sites for hydroxylation is 1. The zero-order valence-corrected chi connectivity index (χ0v) is 15.9. The molecule has 0 unspecified atom stereocenters. The molecule has 0 saturated heterocycles. The summed E-state index contributed by atoms with van der Waals surface area (Å²) in [6, 6.07) is 21.9. The van der Waals surface area contributed by atoms with E-state index in [0.717, 1.165) is 37.6 Å². The van der Waals surface area contributed by atoms with Gasteiger partial charge in [0, 0.05) is 10.3 Å². The Morgan fingerprint density at radius 1 is 0.964 bits per heavy atom. The second kappa shape index (κ2) is 5.59. The summed E-state index contributed by atoms with van der Waals surface area (Å²) in [5.41, 5.74) is 5.55. The largest absolute Gasteiger partial charge is 0.353 e. The minimum absolute atomic E-state index is 0.0322. The second-order valence-electron chi connectivity index (χ2n) is 7.04. The average Bonchev–Trinajstić information content (AvgIpc) is 2.73. The van der Waals surface area contributed by atoms with Gasteiger partial charge in [-0.05, 0) is 42.8 Å². The molecule has 134 valence electrons. The maximum atomic E-state index is 13.4. The van der Waals surface area contributed by atoms with E-state index in [2.05, 4.69) is 36.5 Å². The van der Waals surface area contributed by atoms with Gasteiger partial charge in [0.2, 0.25) is 0 Å². The Hall–Kier alpha value is -3.31. The summed E-state index contributed by atoms with van der Waals surface area (Å²) in [5, 5.41) is 5.25. The van der Waals surface area contributed by atoms with E-state index in [1.807, 2.05) is 42.5 Å². The summed E-state index contributed by atoms with van der Waals surface area (Å²) in [4.78, 5) is 20.4. The van der Waals surface area contributed by atoms with Crippen LogP contribution in [0.5, 0.6) is 0 Å². The lowest BCUT2D eigenvalue weighted by Crippen LogP contribution is -2.18. The molecule has 6 rings (SSSR count). The molecule has 5 heteroatoms. The molecule has 0 atom stereocenters. The van der Waals surface area contributed by atoms with Crippen LogP contribution in [-0.4, -0.2) is 9.38 Å². The highest BCUT2D eigenvalue weighted by Gasteiger charge is 2.24. The summed E-state index contributed by atoms with van der Waals surface area (Å²) >= 11 is 1.67. The highest BCUT2D eigenvalue weighted by molar-refractivity contribution is 8.00. The molecule has 0 radical (unpaired) electrons. The Balaban J connectivity index is 1.82. The number of hydrogen-bond acceptors (Lipinski definition) is 4. The van der Waals surface area contributed by atoms with E-state index in [0.29, 0.717) is 11.0 Å². The Morgan fingerprint density at radius 3 is 2.64 bits per heavy atom. The molecule has 3 heterocycles. The van der Waals surface area contributed by atoms with Gasteiger partial charge in [0.25, 0.3) is 5.56 Å². The molecule has 1 N–H and O–H groups in total. The monoisotopic (exact) mass is 381 g/mol. The molecule has 0 aliphatic carbocycles. The number of benzene rings is 3. The van der Waals surface area contributed by atoms with Crippen molar-refractivity contribution in [1.29, 1.82) is 0 Å². The third-order valence-electron chi connectivity index (χ3n) is 5.23. The molecule has 0 amide bonds. The summed E-state index contributed by atoms with van der Waals surface area (Å²) in [7, 11) is 0. The molecule has 4 nitrogen and oxygen atoms in total. The van der Waals surface area contributed by atoms with E-state index in [1.54, 1.807) is 16.2 Å². The van der Waals surface area contributed by atoms with Crippen LogP contribution >= 0.6 is 11.8 Å². The second-order valence-corrected chi connectivity index (χ2v) is 8.09. The van der Waals surface area contributed by atoms with Gasteiger partial charge in [-0.2, -0.15) is 0 Å². The molecule has 2 aromatic heterocycles. The predicted octanol–water partition coefficient (Wildman–Crippen LogP) is 5.52. The Morgan fingerprint density at radius 2 is 1.75 bits per heavy atom. The van der Waals surface area contributed by atoms with Crippen molar-refractivity contribution in [2.75, 3.05) is 5.32 Å². The van der Waals surface area contributed by atoms with Gasteiger partial charge in [-0.3, -0.25) is 9.20 Å². The topological polar surface area (TPSA) is 46.4 Å². The van der Waals surface area contributed by atoms with Gasteiger partial charge in [0.15, 0.2) is 5.65 Å². The molecule has 0 spiro atoms. The van der Waals surface area contributed by atoms with Crippen LogP contribution < -0.4 is 10.9 Å². The van der Waals surface area contributed by atoms with Gasteiger partial charge >= 0.3 is 0 Å². The minimum Gasteiger partial charge on any atom is -0.353 e. The van der Waals surface area contributed by atoms with Gasteiger partial charge in [0.1, 0.15) is 0 Å². The SMILES string of the molecule is Cc1ccc2c(c1)Sc1c(c3ccccc3n3c(=O)c4ccccc4nc13)N2. The number of anilines is 2. The molecule has 1 aliphatic rings. The summed E-state index contributed by atoms with van der Waals surface area (Å²) in [5.74, 6) is 0. The van der Waals surface area contributed by atoms with E-state index in [-0.39, 0.29) is 5.56 Å². The van der Waals surface area contributed by atoms with Crippen LogP contribution in [0.1, 0.15) is 5.56 Å². The van der Waals surface area contributed by atoms with Crippen LogP contribution in [0.15, 0.2) is 81.3 Å². The fraction of sp³-hybridized carbons (Fsp3) is 0.0435. The van der Waals surface area contributed by atoms with Crippen molar-refractivity contribution >= 4 is 50.6 Å². The summed E-state index contributed by atoms with van der Waals surface area (Å²) < 4.78 is 1.76. The third-order valence-corrected chi connectivity index (χ3v) is 6.38. The van der Waals surface area contributed by atoms with Crippen molar-refractivity contribution in [3.63, 3.8) is 0 Å². The van der Waals surface area contributed by atoms with Crippen molar-refractivity contribution in [2.24, 2.45) is 0 Å². The number of para-hydroxylation sites is 2. The Labute approximate surface area is 164 Å². The molecule has 3 aromatic carbocycles. The van der Waals surface area contributed by atoms with Crippen LogP contribution in [0.2, 0.25) is 0 Å². The lowest BCUT2D eigenvalue weighted by molar-refractivity contribution is 1.09. The Kier molecular flexibility index (Phi) is 3.14. The highest BCUT2D eigenvalue weighted by atomic mass is 32.2. The summed E-state index contributed by atoms with van der Waals surface area (Å²) in [6.45, 7) is 2.09. The standard InChI is InChI=1S/C23H15N3OS/c1-13-10-11-17-19(12-13)28-21-20(24-17)15-7-3-5-9-18(15)26-22(21)25-16-8-4-2-6-14(16)23(26)27/h2-12,24H,1H3. The van der Waals surface area contributed by atoms with E-state index in [4.69, 9.17) is 4.98 Å². The molecule has 5 aromatic rings. The number of fused-ring (bicyclic) bond motifs is 8. The van der Waals surface area contributed by atoms with Gasteiger partial charge in [-0.25, -0.2) is 4.98 Å². The molecule has 0 bridgehead atoms.